The molecule has 1 saturated heterocycles. The number of rotatable bonds is 59. The average molecular weight is 1150 g/mol. The van der Waals surface area contributed by atoms with Crippen molar-refractivity contribution in [2.45, 2.75) is 366 Å². The maximum Gasteiger partial charge on any atom is 0.335 e. The highest BCUT2D eigenvalue weighted by molar-refractivity contribution is 5.74. The van der Waals surface area contributed by atoms with Crippen LogP contribution in [0.1, 0.15) is 329 Å². The van der Waals surface area contributed by atoms with Gasteiger partial charge in [0.25, 0.3) is 0 Å². The number of unbranched alkanes of at least 4 members (excludes halogenated alkanes) is 39. The lowest BCUT2D eigenvalue weighted by Gasteiger charge is -2.40. The summed E-state index contributed by atoms with van der Waals surface area (Å²) < 4.78 is 28.6. The molecule has 81 heavy (non-hydrogen) atoms. The Labute approximate surface area is 495 Å². The number of carbonyl (C=O) groups excluding carboxylic acids is 3. The molecule has 0 aromatic carbocycles. The zero-order valence-electron chi connectivity index (χ0n) is 52.3. The van der Waals surface area contributed by atoms with Crippen LogP contribution < -0.4 is 0 Å². The molecule has 0 bridgehead atoms. The van der Waals surface area contributed by atoms with Crippen LogP contribution in [0.2, 0.25) is 0 Å². The molecule has 0 spiro atoms. The van der Waals surface area contributed by atoms with Crippen molar-refractivity contribution in [3.8, 4) is 0 Å². The van der Waals surface area contributed by atoms with E-state index in [0.29, 0.717) is 19.3 Å². The van der Waals surface area contributed by atoms with E-state index in [1.54, 1.807) is 0 Å². The van der Waals surface area contributed by atoms with E-state index in [2.05, 4.69) is 57.2 Å². The third kappa shape index (κ3) is 46.9. The molecule has 0 saturated carbocycles. The summed E-state index contributed by atoms with van der Waals surface area (Å²) in [6, 6.07) is 0. The highest BCUT2D eigenvalue weighted by Crippen LogP contribution is 2.27. The molecule has 472 valence electrons. The highest BCUT2D eigenvalue weighted by atomic mass is 16.7. The van der Waals surface area contributed by atoms with Gasteiger partial charge in [-0.3, -0.25) is 14.4 Å². The van der Waals surface area contributed by atoms with Crippen molar-refractivity contribution in [3.63, 3.8) is 0 Å². The molecular formula is C69H124O12. The van der Waals surface area contributed by atoms with Gasteiger partial charge in [-0.05, 0) is 51.4 Å². The number of carboxylic acids is 1. The predicted molar refractivity (Wildman–Crippen MR) is 331 cm³/mol. The fourth-order valence-electron chi connectivity index (χ4n) is 10.6. The quantitative estimate of drug-likeness (QED) is 0.0228. The molecule has 1 aliphatic rings. The van der Waals surface area contributed by atoms with Crippen molar-refractivity contribution in [3.05, 3.63) is 36.5 Å². The fourth-order valence-corrected chi connectivity index (χ4v) is 10.6. The molecule has 1 fully saturated rings. The molecule has 0 amide bonds. The number of ether oxygens (including phenoxy) is 5. The Balaban J connectivity index is 2.63. The largest absolute Gasteiger partial charge is 0.479 e. The Morgan fingerprint density at radius 2 is 0.778 bits per heavy atom. The van der Waals surface area contributed by atoms with Crippen LogP contribution in [0.5, 0.6) is 0 Å². The first-order valence-electron chi connectivity index (χ1n) is 34.0. The maximum absolute atomic E-state index is 13.2. The Morgan fingerprint density at radius 3 is 1.19 bits per heavy atom. The van der Waals surface area contributed by atoms with E-state index >= 15 is 0 Å². The van der Waals surface area contributed by atoms with E-state index in [-0.39, 0.29) is 25.9 Å². The number of carboxylic acid groups (broad SMARTS) is 1. The number of esters is 3. The van der Waals surface area contributed by atoms with Crippen molar-refractivity contribution < 1.29 is 58.2 Å². The van der Waals surface area contributed by atoms with Gasteiger partial charge in [-0.15, -0.1) is 0 Å². The predicted octanol–water partition coefficient (Wildman–Crippen LogP) is 18.4. The minimum atomic E-state index is -1.90. The lowest BCUT2D eigenvalue weighted by atomic mass is 9.98. The van der Waals surface area contributed by atoms with Gasteiger partial charge in [0, 0.05) is 19.3 Å². The molecule has 0 aliphatic carbocycles. The number of aliphatic hydroxyl groups excluding tert-OH is 2. The van der Waals surface area contributed by atoms with Crippen LogP contribution in [0.3, 0.4) is 0 Å². The molecule has 0 aromatic heterocycles. The fraction of sp³-hybridized carbons (Fsp3) is 0.855. The third-order valence-electron chi connectivity index (χ3n) is 15.7. The Hall–Kier alpha value is -3.06. The highest BCUT2D eigenvalue weighted by Gasteiger charge is 2.50. The van der Waals surface area contributed by atoms with Crippen LogP contribution in [0.4, 0.5) is 0 Å². The van der Waals surface area contributed by atoms with Crippen LogP contribution in [0.15, 0.2) is 36.5 Å². The molecule has 6 atom stereocenters. The van der Waals surface area contributed by atoms with Crippen LogP contribution in [0.25, 0.3) is 0 Å². The molecule has 6 unspecified atom stereocenters. The number of hydrogen-bond donors (Lipinski definition) is 3. The molecule has 12 heteroatoms. The van der Waals surface area contributed by atoms with E-state index < -0.39 is 67.3 Å². The van der Waals surface area contributed by atoms with Gasteiger partial charge in [0.1, 0.15) is 18.8 Å². The van der Waals surface area contributed by atoms with E-state index in [1.807, 2.05) is 0 Å². The summed E-state index contributed by atoms with van der Waals surface area (Å²) >= 11 is 0. The second-order valence-electron chi connectivity index (χ2n) is 23.4. The molecule has 1 aliphatic heterocycles. The number of aliphatic carboxylic acids is 1. The first-order chi connectivity index (χ1) is 39.6. The molecule has 1 heterocycles. The Kier molecular flexibility index (Phi) is 53.8. The summed E-state index contributed by atoms with van der Waals surface area (Å²) in [6.45, 7) is 5.94. The second kappa shape index (κ2) is 57.4. The number of hydrogen-bond acceptors (Lipinski definition) is 11. The Bertz CT molecular complexity index is 1550. The molecule has 3 N–H and O–H groups in total. The van der Waals surface area contributed by atoms with Crippen molar-refractivity contribution >= 4 is 23.9 Å². The lowest BCUT2D eigenvalue weighted by Crippen LogP contribution is -2.61. The topological polar surface area (TPSA) is 175 Å². The van der Waals surface area contributed by atoms with Gasteiger partial charge in [-0.1, -0.05) is 295 Å². The Morgan fingerprint density at radius 1 is 0.420 bits per heavy atom. The second-order valence-corrected chi connectivity index (χ2v) is 23.4. The van der Waals surface area contributed by atoms with E-state index in [4.69, 9.17) is 23.7 Å². The van der Waals surface area contributed by atoms with Crippen molar-refractivity contribution in [2.24, 2.45) is 0 Å². The van der Waals surface area contributed by atoms with Gasteiger partial charge in [-0.2, -0.15) is 0 Å². The van der Waals surface area contributed by atoms with Gasteiger partial charge in [0.2, 0.25) is 0 Å². The number of aliphatic hydroxyl groups is 2. The first kappa shape index (κ1) is 76.0. The smallest absolute Gasteiger partial charge is 0.335 e. The van der Waals surface area contributed by atoms with Gasteiger partial charge in [-0.25, -0.2) is 4.79 Å². The van der Waals surface area contributed by atoms with Gasteiger partial charge in [0.15, 0.2) is 24.6 Å². The van der Waals surface area contributed by atoms with E-state index in [9.17, 15) is 34.5 Å². The van der Waals surface area contributed by atoms with Crippen LogP contribution in [-0.2, 0) is 42.9 Å². The number of carbonyl (C=O) groups is 4. The summed E-state index contributed by atoms with van der Waals surface area (Å²) in [7, 11) is 0. The summed E-state index contributed by atoms with van der Waals surface area (Å²) in [6.07, 6.45) is 56.7. The molecule has 0 radical (unpaired) electrons. The molecule has 0 aromatic rings. The SMILES string of the molecule is CC/C=C\C/C=C\C/C=C\CCCCCCCCCC(=O)OC(COC(=O)CCCCCCCCCCCCCCCCCCCCC)COC1OC(C(=O)O)C(O)C(O)C1OC(=O)CCCCCCCCCCCCCCCCC. The van der Waals surface area contributed by atoms with Gasteiger partial charge >= 0.3 is 23.9 Å². The van der Waals surface area contributed by atoms with Crippen LogP contribution >= 0.6 is 0 Å². The van der Waals surface area contributed by atoms with Crippen molar-refractivity contribution in [2.75, 3.05) is 13.2 Å². The van der Waals surface area contributed by atoms with E-state index in [1.165, 1.54) is 167 Å². The third-order valence-corrected chi connectivity index (χ3v) is 15.7. The summed E-state index contributed by atoms with van der Waals surface area (Å²) in [5.74, 6) is -3.09. The average Bonchev–Trinajstić information content (AvgIpc) is 3.52. The maximum atomic E-state index is 13.2. The summed E-state index contributed by atoms with van der Waals surface area (Å²) in [5, 5.41) is 31.6. The number of allylic oxidation sites excluding steroid dienone is 6. The van der Waals surface area contributed by atoms with Crippen LogP contribution in [-0.4, -0.2) is 89.2 Å². The van der Waals surface area contributed by atoms with Crippen molar-refractivity contribution in [1.82, 2.24) is 0 Å². The summed E-state index contributed by atoms with van der Waals surface area (Å²) in [4.78, 5) is 51.4. The van der Waals surface area contributed by atoms with Crippen molar-refractivity contribution in [1.29, 1.82) is 0 Å². The minimum Gasteiger partial charge on any atom is -0.479 e. The summed E-state index contributed by atoms with van der Waals surface area (Å²) in [5.41, 5.74) is 0. The van der Waals surface area contributed by atoms with E-state index in [0.717, 1.165) is 103 Å². The molecule has 1 rings (SSSR count). The minimum absolute atomic E-state index is 0.0656. The van der Waals surface area contributed by atoms with Gasteiger partial charge in [0.05, 0.1) is 6.61 Å². The van der Waals surface area contributed by atoms with Crippen LogP contribution in [0, 0.1) is 0 Å². The molecular weight excluding hydrogens is 1020 g/mol. The normalized spacial score (nSPS) is 17.9. The molecule has 12 nitrogen and oxygen atoms in total. The lowest BCUT2D eigenvalue weighted by molar-refractivity contribution is -0.301. The zero-order valence-corrected chi connectivity index (χ0v) is 52.3. The zero-order chi connectivity index (χ0) is 58.9. The van der Waals surface area contributed by atoms with Gasteiger partial charge < -0.3 is 39.0 Å². The first-order valence-corrected chi connectivity index (χ1v) is 34.0. The standard InChI is InChI=1S/C69H124O12/c1-4-7-10-13-16-19-22-25-28-30-31-33-35-37-40-43-46-49-52-55-61(70)77-58-60(79-62(71)56-53-50-47-44-41-39-36-32-29-26-23-20-17-14-11-8-5-2)59-78-69-67(65(74)64(73)66(81-69)68(75)76)80-63(72)57-54-51-48-45-42-38-34-27-24-21-18-15-12-9-6-3/h8,11,17,20,26,29,60,64-67,69,73-74H,4-7,9-10,12-16,18-19,21-25,27-28,30-59H2,1-3H3,(H,75,76)/b11-8-,20-17-,29-26-. The monoisotopic (exact) mass is 1140 g/mol.